The van der Waals surface area contributed by atoms with Gasteiger partial charge in [0.25, 0.3) is 5.56 Å². The molecule has 1 saturated heterocycles. The Bertz CT molecular complexity index is 1080. The maximum absolute atomic E-state index is 13.0. The van der Waals surface area contributed by atoms with Gasteiger partial charge in [-0.2, -0.15) is 0 Å². The first-order valence-corrected chi connectivity index (χ1v) is 10.6. The first-order valence-electron chi connectivity index (χ1n) is 9.76. The molecule has 6 nitrogen and oxygen atoms in total. The van der Waals surface area contributed by atoms with Crippen LogP contribution in [0.15, 0.2) is 46.7 Å². The molecular weight excluding hydrogens is 372 g/mol. The molecule has 0 aliphatic carbocycles. The van der Waals surface area contributed by atoms with Crippen LogP contribution in [-0.2, 0) is 17.8 Å². The van der Waals surface area contributed by atoms with Crippen molar-refractivity contribution in [3.05, 3.63) is 62.7 Å². The fourth-order valence-electron chi connectivity index (χ4n) is 4.25. The zero-order valence-corrected chi connectivity index (χ0v) is 16.4. The fraction of sp³-hybridized carbons (Fsp3) is 0.381. The van der Waals surface area contributed by atoms with Gasteiger partial charge in [0.15, 0.2) is 0 Å². The van der Waals surface area contributed by atoms with Crippen LogP contribution >= 0.6 is 11.3 Å². The van der Waals surface area contributed by atoms with Gasteiger partial charge in [0, 0.05) is 49.2 Å². The summed E-state index contributed by atoms with van der Waals surface area (Å²) in [4.78, 5) is 35.5. The monoisotopic (exact) mass is 394 g/mol. The second-order valence-corrected chi connectivity index (χ2v) is 8.52. The lowest BCUT2D eigenvalue weighted by atomic mass is 9.94. The average Bonchev–Trinajstić information content (AvgIpc) is 3.21. The average molecular weight is 395 g/mol. The number of piperidine rings is 1. The second kappa shape index (κ2) is 7.05. The smallest absolute Gasteiger partial charge is 0.259 e. The Morgan fingerprint density at radius 3 is 2.86 bits per heavy atom. The van der Waals surface area contributed by atoms with Crippen LogP contribution < -0.4 is 10.5 Å². The molecule has 0 N–H and O–H groups in total. The number of carbonyl (C=O) groups is 1. The van der Waals surface area contributed by atoms with Crippen molar-refractivity contribution in [2.24, 2.45) is 5.92 Å². The molecule has 7 heteroatoms. The number of pyridine rings is 1. The predicted octanol–water partition coefficient (Wildman–Crippen LogP) is 2.56. The summed E-state index contributed by atoms with van der Waals surface area (Å²) >= 11 is 1.80. The van der Waals surface area contributed by atoms with Crippen molar-refractivity contribution in [2.45, 2.75) is 25.8 Å². The SMILES string of the molecule is O=C(C1CCN(c2cc(=O)n3ccccc3n2)CC1)N1CCc2sccc2C1. The quantitative estimate of drug-likeness (QED) is 0.670. The molecule has 1 amide bonds. The highest BCUT2D eigenvalue weighted by atomic mass is 32.1. The minimum absolute atomic E-state index is 0.0676. The third kappa shape index (κ3) is 3.09. The van der Waals surface area contributed by atoms with Gasteiger partial charge in [-0.25, -0.2) is 4.98 Å². The van der Waals surface area contributed by atoms with Crippen molar-refractivity contribution in [1.29, 1.82) is 0 Å². The van der Waals surface area contributed by atoms with Crippen molar-refractivity contribution >= 4 is 28.7 Å². The summed E-state index contributed by atoms with van der Waals surface area (Å²) in [7, 11) is 0. The first kappa shape index (κ1) is 17.4. The van der Waals surface area contributed by atoms with E-state index >= 15 is 0 Å². The topological polar surface area (TPSA) is 57.9 Å². The number of thiophene rings is 1. The third-order valence-corrected chi connectivity index (χ3v) is 6.87. The van der Waals surface area contributed by atoms with Gasteiger partial charge < -0.3 is 9.80 Å². The number of aromatic nitrogens is 2. The maximum atomic E-state index is 13.0. The summed E-state index contributed by atoms with van der Waals surface area (Å²) in [6.45, 7) is 3.09. The summed E-state index contributed by atoms with van der Waals surface area (Å²) in [5.41, 5.74) is 1.89. The highest BCUT2D eigenvalue weighted by molar-refractivity contribution is 7.10. The summed E-state index contributed by atoms with van der Waals surface area (Å²) in [5.74, 6) is 1.06. The number of carbonyl (C=O) groups excluding carboxylic acids is 1. The fourth-order valence-corrected chi connectivity index (χ4v) is 5.14. The summed E-state index contributed by atoms with van der Waals surface area (Å²) in [6, 6.07) is 9.29. The molecule has 28 heavy (non-hydrogen) atoms. The molecule has 0 bridgehead atoms. The largest absolute Gasteiger partial charge is 0.356 e. The molecule has 144 valence electrons. The Morgan fingerprint density at radius 1 is 1.14 bits per heavy atom. The molecule has 0 spiro atoms. The Hall–Kier alpha value is -2.67. The molecule has 2 aliphatic rings. The minimum atomic E-state index is -0.0707. The molecule has 0 radical (unpaired) electrons. The van der Waals surface area contributed by atoms with Crippen molar-refractivity contribution in [3.63, 3.8) is 0 Å². The molecule has 0 atom stereocenters. The third-order valence-electron chi connectivity index (χ3n) is 5.85. The number of amides is 1. The van der Waals surface area contributed by atoms with Gasteiger partial charge in [0.2, 0.25) is 5.91 Å². The van der Waals surface area contributed by atoms with Gasteiger partial charge in [-0.15, -0.1) is 11.3 Å². The molecule has 5 rings (SSSR count). The van der Waals surface area contributed by atoms with E-state index in [4.69, 9.17) is 0 Å². The van der Waals surface area contributed by atoms with Crippen LogP contribution in [-0.4, -0.2) is 39.8 Å². The lowest BCUT2D eigenvalue weighted by Gasteiger charge is -2.36. The van der Waals surface area contributed by atoms with Gasteiger partial charge in [-0.3, -0.25) is 14.0 Å². The molecule has 2 aliphatic heterocycles. The van der Waals surface area contributed by atoms with Crippen molar-refractivity contribution in [3.8, 4) is 0 Å². The van der Waals surface area contributed by atoms with E-state index in [1.807, 2.05) is 23.1 Å². The molecule has 3 aromatic rings. The zero-order chi connectivity index (χ0) is 19.1. The Labute approximate surface area is 167 Å². The maximum Gasteiger partial charge on any atom is 0.259 e. The number of anilines is 1. The molecule has 0 unspecified atom stereocenters. The number of fused-ring (bicyclic) bond motifs is 2. The van der Waals surface area contributed by atoms with Gasteiger partial charge in [-0.05, 0) is 48.4 Å². The predicted molar refractivity (Wildman–Crippen MR) is 110 cm³/mol. The highest BCUT2D eigenvalue weighted by Crippen LogP contribution is 2.28. The van der Waals surface area contributed by atoms with Crippen LogP contribution in [0.25, 0.3) is 5.65 Å². The van der Waals surface area contributed by atoms with Crippen molar-refractivity contribution in [2.75, 3.05) is 24.5 Å². The Kier molecular flexibility index (Phi) is 4.39. The van der Waals surface area contributed by atoms with Gasteiger partial charge in [0.05, 0.1) is 0 Å². The number of hydrogen-bond acceptors (Lipinski definition) is 5. The van der Waals surface area contributed by atoms with Crippen LogP contribution in [0.2, 0.25) is 0 Å². The lowest BCUT2D eigenvalue weighted by molar-refractivity contribution is -0.137. The van der Waals surface area contributed by atoms with E-state index in [9.17, 15) is 9.59 Å². The molecule has 0 aromatic carbocycles. The highest BCUT2D eigenvalue weighted by Gasteiger charge is 2.31. The molecule has 0 saturated carbocycles. The van der Waals surface area contributed by atoms with E-state index in [2.05, 4.69) is 21.3 Å². The van der Waals surface area contributed by atoms with E-state index < -0.39 is 0 Å². The van der Waals surface area contributed by atoms with E-state index in [0.717, 1.165) is 45.4 Å². The molecule has 1 fully saturated rings. The van der Waals surface area contributed by atoms with Crippen LogP contribution in [0.5, 0.6) is 0 Å². The summed E-state index contributed by atoms with van der Waals surface area (Å²) < 4.78 is 1.55. The van der Waals surface area contributed by atoms with E-state index in [1.165, 1.54) is 10.4 Å². The van der Waals surface area contributed by atoms with Crippen LogP contribution in [0, 0.1) is 5.92 Å². The van der Waals surface area contributed by atoms with Gasteiger partial charge in [0.1, 0.15) is 11.5 Å². The number of nitrogens with zero attached hydrogens (tertiary/aromatic N) is 4. The minimum Gasteiger partial charge on any atom is -0.356 e. The van der Waals surface area contributed by atoms with Crippen molar-refractivity contribution in [1.82, 2.24) is 14.3 Å². The molecule has 5 heterocycles. The zero-order valence-electron chi connectivity index (χ0n) is 15.6. The van der Waals surface area contributed by atoms with Gasteiger partial charge >= 0.3 is 0 Å². The normalized spacial score (nSPS) is 17.7. The summed E-state index contributed by atoms with van der Waals surface area (Å²) in [5, 5.41) is 2.12. The molecule has 3 aromatic heterocycles. The Morgan fingerprint density at radius 2 is 2.00 bits per heavy atom. The van der Waals surface area contributed by atoms with E-state index in [-0.39, 0.29) is 17.4 Å². The lowest BCUT2D eigenvalue weighted by Crippen LogP contribution is -2.44. The summed E-state index contributed by atoms with van der Waals surface area (Å²) in [6.07, 6.45) is 4.32. The molecular formula is C21H22N4O2S. The van der Waals surface area contributed by atoms with E-state index in [0.29, 0.717) is 11.5 Å². The van der Waals surface area contributed by atoms with Gasteiger partial charge in [-0.1, -0.05) is 6.07 Å². The van der Waals surface area contributed by atoms with Crippen LogP contribution in [0.3, 0.4) is 0 Å². The number of rotatable bonds is 2. The van der Waals surface area contributed by atoms with Crippen LogP contribution in [0.4, 0.5) is 5.82 Å². The first-order chi connectivity index (χ1) is 13.7. The van der Waals surface area contributed by atoms with Crippen LogP contribution in [0.1, 0.15) is 23.3 Å². The van der Waals surface area contributed by atoms with E-state index in [1.54, 1.807) is 28.0 Å². The second-order valence-electron chi connectivity index (χ2n) is 7.52. The standard InChI is InChI=1S/C21H22N4O2S/c26-20-13-19(22-18-3-1-2-8-25(18)20)23-9-4-15(5-10-23)21(27)24-11-6-17-16(14-24)7-12-28-17/h1-3,7-8,12-13,15H,4-6,9-11,14H2. The Balaban J connectivity index is 1.27. The van der Waals surface area contributed by atoms with Crippen molar-refractivity contribution < 1.29 is 4.79 Å². The number of hydrogen-bond donors (Lipinski definition) is 0.